The van der Waals surface area contributed by atoms with Gasteiger partial charge >= 0.3 is 5.16 Å². The Bertz CT molecular complexity index is 854. The van der Waals surface area contributed by atoms with E-state index in [1.165, 1.54) is 11.8 Å². The number of amides is 1. The molecule has 3 aromatic rings. The number of hydrogen-bond donors (Lipinski definition) is 2. The fraction of sp³-hybridized carbons (Fsp3) is 0.0625. The summed E-state index contributed by atoms with van der Waals surface area (Å²) in [5, 5.41) is 7.42. The molecule has 8 heteroatoms. The Morgan fingerprint density at radius 1 is 1.21 bits per heavy atom. The average Bonchev–Trinajstić information content (AvgIpc) is 3.06. The Morgan fingerprint density at radius 3 is 2.79 bits per heavy atom. The van der Waals surface area contributed by atoms with Gasteiger partial charge in [0.1, 0.15) is 0 Å². The molecular formula is C16H13Cl2N4OS+. The van der Waals surface area contributed by atoms with Crippen molar-refractivity contribution in [1.29, 1.82) is 0 Å². The van der Waals surface area contributed by atoms with Gasteiger partial charge in [0, 0.05) is 5.02 Å². The van der Waals surface area contributed by atoms with E-state index in [2.05, 4.69) is 15.4 Å². The third-order valence-electron chi connectivity index (χ3n) is 3.10. The molecule has 122 valence electrons. The fourth-order valence-electron chi connectivity index (χ4n) is 2.03. The van der Waals surface area contributed by atoms with Crippen LogP contribution in [0.2, 0.25) is 10.0 Å². The maximum Gasteiger partial charge on any atom is 0.385 e. The first-order chi connectivity index (χ1) is 11.6. The number of benzene rings is 2. The molecule has 24 heavy (non-hydrogen) atoms. The second-order valence-corrected chi connectivity index (χ2v) is 6.59. The van der Waals surface area contributed by atoms with Gasteiger partial charge in [-0.25, -0.2) is 0 Å². The maximum absolute atomic E-state index is 12.1. The Hall–Kier alpha value is -2.02. The van der Waals surface area contributed by atoms with Gasteiger partial charge in [0.15, 0.2) is 5.69 Å². The van der Waals surface area contributed by atoms with Crippen LogP contribution in [0.1, 0.15) is 0 Å². The lowest BCUT2D eigenvalue weighted by atomic mass is 10.3. The smallest absolute Gasteiger partial charge is 0.324 e. The number of hydrogen-bond acceptors (Lipinski definition) is 3. The lowest BCUT2D eigenvalue weighted by Crippen LogP contribution is -2.35. The van der Waals surface area contributed by atoms with E-state index in [1.54, 1.807) is 24.5 Å². The number of anilines is 1. The van der Waals surface area contributed by atoms with E-state index in [9.17, 15) is 4.79 Å². The molecule has 0 spiro atoms. The number of thioether (sulfide) groups is 1. The highest BCUT2D eigenvalue weighted by Gasteiger charge is 2.18. The van der Waals surface area contributed by atoms with Crippen LogP contribution >= 0.6 is 35.0 Å². The number of H-pyrrole nitrogens is 1. The van der Waals surface area contributed by atoms with E-state index in [-0.39, 0.29) is 11.7 Å². The summed E-state index contributed by atoms with van der Waals surface area (Å²) in [6.07, 6.45) is 1.58. The van der Waals surface area contributed by atoms with Crippen LogP contribution < -0.4 is 10.00 Å². The van der Waals surface area contributed by atoms with Crippen molar-refractivity contribution in [3.8, 4) is 5.69 Å². The molecular weight excluding hydrogens is 367 g/mol. The van der Waals surface area contributed by atoms with Gasteiger partial charge in [-0.2, -0.15) is 5.10 Å². The van der Waals surface area contributed by atoms with Gasteiger partial charge in [-0.1, -0.05) is 41.4 Å². The molecule has 0 fully saturated rings. The maximum atomic E-state index is 12.1. The summed E-state index contributed by atoms with van der Waals surface area (Å²) in [5.41, 5.74) is 1.43. The van der Waals surface area contributed by atoms with E-state index in [0.29, 0.717) is 20.9 Å². The van der Waals surface area contributed by atoms with Crippen LogP contribution in [0, 0.1) is 0 Å². The summed E-state index contributed by atoms with van der Waals surface area (Å²) in [4.78, 5) is 16.4. The third kappa shape index (κ3) is 4.08. The molecule has 0 saturated carbocycles. The van der Waals surface area contributed by atoms with Crippen LogP contribution in [-0.2, 0) is 4.79 Å². The van der Waals surface area contributed by atoms with Crippen LogP contribution in [0.25, 0.3) is 5.69 Å². The molecule has 1 aromatic heterocycles. The van der Waals surface area contributed by atoms with Crippen molar-refractivity contribution in [2.45, 2.75) is 5.16 Å². The lowest BCUT2D eigenvalue weighted by Gasteiger charge is -2.06. The van der Waals surface area contributed by atoms with Crippen molar-refractivity contribution in [3.05, 3.63) is 64.9 Å². The molecule has 0 aliphatic carbocycles. The molecule has 0 bridgehead atoms. The molecule has 0 saturated heterocycles. The Balaban J connectivity index is 1.65. The number of aromatic nitrogens is 3. The normalized spacial score (nSPS) is 10.6. The molecule has 1 amide bonds. The van der Waals surface area contributed by atoms with Gasteiger partial charge < -0.3 is 5.32 Å². The Labute approximate surface area is 153 Å². The third-order valence-corrected chi connectivity index (χ3v) is 4.62. The van der Waals surface area contributed by atoms with Gasteiger partial charge in [-0.15, -0.1) is 4.68 Å². The second kappa shape index (κ2) is 7.70. The number of carbonyl (C=O) groups is 1. The summed E-state index contributed by atoms with van der Waals surface area (Å²) in [6, 6.07) is 14.6. The SMILES string of the molecule is O=C(CSc1nc[nH][n+]1-c1ccccc1)Nc1cc(Cl)ccc1Cl. The van der Waals surface area contributed by atoms with Crippen LogP contribution in [0.15, 0.2) is 60.0 Å². The molecule has 0 atom stereocenters. The van der Waals surface area contributed by atoms with Crippen LogP contribution in [0.5, 0.6) is 0 Å². The predicted molar refractivity (Wildman–Crippen MR) is 95.9 cm³/mol. The molecule has 0 radical (unpaired) electrons. The first-order valence-electron chi connectivity index (χ1n) is 7.02. The summed E-state index contributed by atoms with van der Waals surface area (Å²) in [6.45, 7) is 0. The fourth-order valence-corrected chi connectivity index (χ4v) is 3.11. The predicted octanol–water partition coefficient (Wildman–Crippen LogP) is 3.72. The van der Waals surface area contributed by atoms with Gasteiger partial charge in [0.25, 0.3) is 0 Å². The van der Waals surface area contributed by atoms with Crippen molar-refractivity contribution in [3.63, 3.8) is 0 Å². The van der Waals surface area contributed by atoms with E-state index in [0.717, 1.165) is 5.69 Å². The molecule has 1 heterocycles. The number of halogens is 2. The van der Waals surface area contributed by atoms with Crippen molar-refractivity contribution >= 4 is 46.6 Å². The summed E-state index contributed by atoms with van der Waals surface area (Å²) in [7, 11) is 0. The molecule has 0 unspecified atom stereocenters. The quantitative estimate of drug-likeness (QED) is 0.524. The zero-order valence-corrected chi connectivity index (χ0v) is 14.7. The van der Waals surface area contributed by atoms with E-state index in [1.807, 2.05) is 35.0 Å². The van der Waals surface area contributed by atoms with Crippen molar-refractivity contribution in [1.82, 2.24) is 10.1 Å². The molecule has 5 nitrogen and oxygen atoms in total. The van der Waals surface area contributed by atoms with Crippen molar-refractivity contribution < 1.29 is 9.48 Å². The van der Waals surface area contributed by atoms with Gasteiger partial charge in [0.05, 0.1) is 16.5 Å². The lowest BCUT2D eigenvalue weighted by molar-refractivity contribution is -0.694. The highest BCUT2D eigenvalue weighted by atomic mass is 35.5. The molecule has 0 aliphatic heterocycles. The Kier molecular flexibility index (Phi) is 5.40. The highest BCUT2D eigenvalue weighted by molar-refractivity contribution is 7.99. The van der Waals surface area contributed by atoms with Crippen molar-refractivity contribution in [2.24, 2.45) is 0 Å². The topological polar surface area (TPSA) is 61.7 Å². The van der Waals surface area contributed by atoms with Crippen LogP contribution in [0.4, 0.5) is 5.69 Å². The van der Waals surface area contributed by atoms with Crippen LogP contribution in [0.3, 0.4) is 0 Å². The summed E-state index contributed by atoms with van der Waals surface area (Å²) < 4.78 is 1.81. The van der Waals surface area contributed by atoms with E-state index in [4.69, 9.17) is 23.2 Å². The standard InChI is InChI=1S/C16H12Cl2N4OS/c17-11-6-7-13(18)14(8-11)21-15(23)9-24-16-19-10-20-22(16)12-4-2-1-3-5-12/h1-8,10H,9H2,(H,21,23)/p+1. The number of carbonyl (C=O) groups excluding carboxylic acids is 1. The van der Waals surface area contributed by atoms with E-state index >= 15 is 0 Å². The van der Waals surface area contributed by atoms with E-state index < -0.39 is 0 Å². The van der Waals surface area contributed by atoms with Gasteiger partial charge in [0.2, 0.25) is 12.2 Å². The highest BCUT2D eigenvalue weighted by Crippen LogP contribution is 2.25. The minimum atomic E-state index is -0.188. The minimum absolute atomic E-state index is 0.188. The molecule has 2 N–H and O–H groups in total. The zero-order chi connectivity index (χ0) is 16.9. The first-order valence-corrected chi connectivity index (χ1v) is 8.76. The largest absolute Gasteiger partial charge is 0.385 e. The average molecular weight is 380 g/mol. The van der Waals surface area contributed by atoms with Crippen molar-refractivity contribution in [2.75, 3.05) is 11.1 Å². The summed E-state index contributed by atoms with van der Waals surface area (Å²) >= 11 is 13.3. The summed E-state index contributed by atoms with van der Waals surface area (Å²) in [5.74, 6) is 0.00680. The number of nitrogens with zero attached hydrogens (tertiary/aromatic N) is 2. The minimum Gasteiger partial charge on any atom is -0.324 e. The number of nitrogens with one attached hydrogen (secondary N) is 2. The first kappa shape index (κ1) is 16.8. The molecule has 3 rings (SSSR count). The van der Waals surface area contributed by atoms with Gasteiger partial charge in [-0.3, -0.25) is 4.79 Å². The Morgan fingerprint density at radius 2 is 2.00 bits per heavy atom. The number of aromatic amines is 1. The number of rotatable bonds is 5. The van der Waals surface area contributed by atoms with Crippen LogP contribution in [-0.4, -0.2) is 21.7 Å². The zero-order valence-electron chi connectivity index (χ0n) is 12.4. The molecule has 2 aromatic carbocycles. The van der Waals surface area contributed by atoms with Gasteiger partial charge in [-0.05, 0) is 47.1 Å². The second-order valence-electron chi connectivity index (χ2n) is 4.80. The number of para-hydroxylation sites is 1. The molecule has 0 aliphatic rings. The monoisotopic (exact) mass is 379 g/mol.